The van der Waals surface area contributed by atoms with Crippen LogP contribution in [0.25, 0.3) is 0 Å². The van der Waals surface area contributed by atoms with Crippen molar-refractivity contribution in [2.45, 2.75) is 20.5 Å². The monoisotopic (exact) mass is 247 g/mol. The molecule has 0 amide bonds. The standard InChI is InChI=1S/C14H14ClNO/c1-10-6-11(2)8-12(7-10)9-17-13-4-3-5-16-14(13)15/h3-8H,9H2,1-2H3. The van der Waals surface area contributed by atoms with E-state index in [1.165, 1.54) is 11.1 Å². The highest BCUT2D eigenvalue weighted by atomic mass is 35.5. The van der Waals surface area contributed by atoms with E-state index in [0.717, 1.165) is 5.56 Å². The summed E-state index contributed by atoms with van der Waals surface area (Å²) in [7, 11) is 0. The van der Waals surface area contributed by atoms with Crippen molar-refractivity contribution in [3.8, 4) is 5.75 Å². The second kappa shape index (κ2) is 5.19. The highest BCUT2D eigenvalue weighted by Crippen LogP contribution is 2.21. The zero-order valence-electron chi connectivity index (χ0n) is 9.90. The number of nitrogens with zero attached hydrogens (tertiary/aromatic N) is 1. The second-order valence-corrected chi connectivity index (χ2v) is 4.43. The van der Waals surface area contributed by atoms with Crippen LogP contribution in [-0.2, 0) is 6.61 Å². The summed E-state index contributed by atoms with van der Waals surface area (Å²) < 4.78 is 5.64. The Hall–Kier alpha value is -1.54. The zero-order chi connectivity index (χ0) is 12.3. The SMILES string of the molecule is Cc1cc(C)cc(COc2cccnc2Cl)c1. The van der Waals surface area contributed by atoms with Crippen molar-refractivity contribution in [3.05, 3.63) is 58.4 Å². The number of benzene rings is 1. The smallest absolute Gasteiger partial charge is 0.171 e. The van der Waals surface area contributed by atoms with Gasteiger partial charge in [0.05, 0.1) is 0 Å². The van der Waals surface area contributed by atoms with Crippen LogP contribution in [-0.4, -0.2) is 4.98 Å². The first-order chi connectivity index (χ1) is 8.15. The van der Waals surface area contributed by atoms with E-state index in [4.69, 9.17) is 16.3 Å². The van der Waals surface area contributed by atoms with Gasteiger partial charge in [0.2, 0.25) is 0 Å². The number of pyridine rings is 1. The average Bonchev–Trinajstić information content (AvgIpc) is 2.27. The second-order valence-electron chi connectivity index (χ2n) is 4.08. The summed E-state index contributed by atoms with van der Waals surface area (Å²) in [6.07, 6.45) is 1.64. The van der Waals surface area contributed by atoms with Crippen LogP contribution in [0.3, 0.4) is 0 Å². The van der Waals surface area contributed by atoms with Gasteiger partial charge in [-0.1, -0.05) is 40.9 Å². The van der Waals surface area contributed by atoms with E-state index >= 15 is 0 Å². The minimum atomic E-state index is 0.400. The average molecular weight is 248 g/mol. The molecule has 0 N–H and O–H groups in total. The summed E-state index contributed by atoms with van der Waals surface area (Å²) in [4.78, 5) is 3.97. The first-order valence-corrected chi connectivity index (χ1v) is 5.83. The van der Waals surface area contributed by atoms with Gasteiger partial charge in [0.25, 0.3) is 0 Å². The van der Waals surface area contributed by atoms with Crippen LogP contribution >= 0.6 is 11.6 Å². The molecule has 88 valence electrons. The molecule has 0 radical (unpaired) electrons. The Morgan fingerprint density at radius 3 is 2.53 bits per heavy atom. The molecule has 1 aromatic carbocycles. The van der Waals surface area contributed by atoms with E-state index in [1.54, 1.807) is 6.20 Å². The molecule has 0 unspecified atom stereocenters. The van der Waals surface area contributed by atoms with E-state index in [9.17, 15) is 0 Å². The molecule has 3 heteroatoms. The molecule has 0 saturated carbocycles. The lowest BCUT2D eigenvalue weighted by Gasteiger charge is -2.08. The summed E-state index contributed by atoms with van der Waals surface area (Å²) in [5, 5.41) is 0.400. The van der Waals surface area contributed by atoms with Crippen LogP contribution in [0, 0.1) is 13.8 Å². The van der Waals surface area contributed by atoms with Gasteiger partial charge in [0, 0.05) is 6.20 Å². The van der Waals surface area contributed by atoms with Crippen molar-refractivity contribution in [2.75, 3.05) is 0 Å². The fourth-order valence-corrected chi connectivity index (χ4v) is 1.97. The fourth-order valence-electron chi connectivity index (χ4n) is 1.79. The predicted octanol–water partition coefficient (Wildman–Crippen LogP) is 3.93. The first-order valence-electron chi connectivity index (χ1n) is 5.45. The molecule has 1 aromatic heterocycles. The number of ether oxygens (including phenoxy) is 1. The number of aromatic nitrogens is 1. The van der Waals surface area contributed by atoms with E-state index < -0.39 is 0 Å². The molecule has 0 spiro atoms. The Balaban J connectivity index is 2.10. The molecule has 0 aliphatic heterocycles. The summed E-state index contributed by atoms with van der Waals surface area (Å²) in [5.74, 6) is 0.619. The Bertz CT molecular complexity index is 505. The topological polar surface area (TPSA) is 22.1 Å². The largest absolute Gasteiger partial charge is 0.486 e. The minimum Gasteiger partial charge on any atom is -0.486 e. The highest BCUT2D eigenvalue weighted by Gasteiger charge is 2.02. The summed E-state index contributed by atoms with van der Waals surface area (Å²) in [6, 6.07) is 9.98. The number of hydrogen-bond donors (Lipinski definition) is 0. The van der Waals surface area contributed by atoms with Crippen LogP contribution in [0.2, 0.25) is 5.15 Å². The van der Waals surface area contributed by atoms with Crippen LogP contribution in [0.15, 0.2) is 36.5 Å². The van der Waals surface area contributed by atoms with Gasteiger partial charge in [0.15, 0.2) is 10.9 Å². The van der Waals surface area contributed by atoms with E-state index in [2.05, 4.69) is 37.0 Å². The number of hydrogen-bond acceptors (Lipinski definition) is 2. The Morgan fingerprint density at radius 1 is 1.18 bits per heavy atom. The molecule has 0 aliphatic carbocycles. The summed E-state index contributed by atoms with van der Waals surface area (Å²) >= 11 is 5.92. The van der Waals surface area contributed by atoms with Gasteiger partial charge < -0.3 is 4.74 Å². The van der Waals surface area contributed by atoms with Crippen LogP contribution in [0.5, 0.6) is 5.75 Å². The quantitative estimate of drug-likeness (QED) is 0.767. The van der Waals surface area contributed by atoms with Crippen LogP contribution < -0.4 is 4.74 Å². The van der Waals surface area contributed by atoms with Crippen molar-refractivity contribution in [1.82, 2.24) is 4.98 Å². The zero-order valence-corrected chi connectivity index (χ0v) is 10.7. The molecule has 0 atom stereocenters. The maximum absolute atomic E-state index is 5.92. The molecular weight excluding hydrogens is 234 g/mol. The van der Waals surface area contributed by atoms with Crippen molar-refractivity contribution in [1.29, 1.82) is 0 Å². The third-order valence-electron chi connectivity index (χ3n) is 2.40. The number of aryl methyl sites for hydroxylation is 2. The minimum absolute atomic E-state index is 0.400. The fraction of sp³-hybridized carbons (Fsp3) is 0.214. The highest BCUT2D eigenvalue weighted by molar-refractivity contribution is 6.30. The van der Waals surface area contributed by atoms with Crippen LogP contribution in [0.4, 0.5) is 0 Å². The third kappa shape index (κ3) is 3.21. The molecule has 17 heavy (non-hydrogen) atoms. The van der Waals surface area contributed by atoms with Crippen molar-refractivity contribution in [3.63, 3.8) is 0 Å². The van der Waals surface area contributed by atoms with Crippen LogP contribution in [0.1, 0.15) is 16.7 Å². The van der Waals surface area contributed by atoms with Gasteiger partial charge in [-0.05, 0) is 31.5 Å². The molecular formula is C14H14ClNO. The Labute approximate surface area is 106 Å². The molecule has 0 aliphatic rings. The molecule has 2 aromatic rings. The lowest BCUT2D eigenvalue weighted by atomic mass is 10.1. The van der Waals surface area contributed by atoms with Gasteiger partial charge in [-0.25, -0.2) is 4.98 Å². The van der Waals surface area contributed by atoms with Crippen molar-refractivity contribution < 1.29 is 4.74 Å². The molecule has 0 bridgehead atoms. The van der Waals surface area contributed by atoms with E-state index in [0.29, 0.717) is 17.5 Å². The molecule has 2 nitrogen and oxygen atoms in total. The van der Waals surface area contributed by atoms with Gasteiger partial charge in [-0.15, -0.1) is 0 Å². The third-order valence-corrected chi connectivity index (χ3v) is 2.68. The van der Waals surface area contributed by atoms with Crippen molar-refractivity contribution in [2.24, 2.45) is 0 Å². The number of halogens is 1. The predicted molar refractivity (Wildman–Crippen MR) is 69.5 cm³/mol. The van der Waals surface area contributed by atoms with Gasteiger partial charge in [-0.3, -0.25) is 0 Å². The Kier molecular flexibility index (Phi) is 3.64. The van der Waals surface area contributed by atoms with Gasteiger partial charge >= 0.3 is 0 Å². The van der Waals surface area contributed by atoms with E-state index in [-0.39, 0.29) is 0 Å². The lowest BCUT2D eigenvalue weighted by molar-refractivity contribution is 0.305. The first kappa shape index (κ1) is 11.9. The summed E-state index contributed by atoms with van der Waals surface area (Å²) in [6.45, 7) is 4.66. The molecule has 0 fully saturated rings. The van der Waals surface area contributed by atoms with Crippen molar-refractivity contribution >= 4 is 11.6 Å². The van der Waals surface area contributed by atoms with Gasteiger partial charge in [0.1, 0.15) is 6.61 Å². The maximum Gasteiger partial charge on any atom is 0.171 e. The number of rotatable bonds is 3. The maximum atomic E-state index is 5.92. The lowest BCUT2D eigenvalue weighted by Crippen LogP contribution is -1.97. The molecule has 2 rings (SSSR count). The van der Waals surface area contributed by atoms with Gasteiger partial charge in [-0.2, -0.15) is 0 Å². The Morgan fingerprint density at radius 2 is 1.88 bits per heavy atom. The normalized spacial score (nSPS) is 10.3. The molecule has 1 heterocycles. The summed E-state index contributed by atoms with van der Waals surface area (Å²) in [5.41, 5.74) is 3.61. The van der Waals surface area contributed by atoms with E-state index in [1.807, 2.05) is 12.1 Å². The molecule has 0 saturated heterocycles.